The lowest BCUT2D eigenvalue weighted by Crippen LogP contribution is -2.15. The number of rotatable bonds is 8. The number of amides is 1. The van der Waals surface area contributed by atoms with Crippen molar-refractivity contribution in [1.82, 2.24) is 10.2 Å². The predicted molar refractivity (Wildman–Crippen MR) is 109 cm³/mol. The standard InChI is InChI=1S/C22H23N3O5/c1-2-3-9-27-17-6-4-5-16(14-17)21(26)23-22-25-24-20(30-22)13-15-7-8-18-19(12-15)29-11-10-28-18/h4-8,12,14H,2-3,9-11,13H2,1H3,(H,23,25,26). The van der Waals surface area contributed by atoms with Crippen molar-refractivity contribution in [3.63, 3.8) is 0 Å². The van der Waals surface area contributed by atoms with Gasteiger partial charge >= 0.3 is 6.01 Å². The Labute approximate surface area is 174 Å². The van der Waals surface area contributed by atoms with E-state index >= 15 is 0 Å². The molecule has 1 amide bonds. The maximum absolute atomic E-state index is 12.5. The number of hydrogen-bond donors (Lipinski definition) is 1. The van der Waals surface area contributed by atoms with Gasteiger partial charge in [0.25, 0.3) is 5.91 Å². The van der Waals surface area contributed by atoms with Gasteiger partial charge in [0.1, 0.15) is 19.0 Å². The Morgan fingerprint density at radius 1 is 1.10 bits per heavy atom. The predicted octanol–water partition coefficient (Wildman–Crippen LogP) is 3.86. The van der Waals surface area contributed by atoms with Gasteiger partial charge < -0.3 is 18.6 Å². The number of benzene rings is 2. The summed E-state index contributed by atoms with van der Waals surface area (Å²) in [5.41, 5.74) is 1.40. The van der Waals surface area contributed by atoms with Gasteiger partial charge in [-0.1, -0.05) is 30.6 Å². The molecular weight excluding hydrogens is 386 g/mol. The number of carbonyl (C=O) groups is 1. The molecule has 0 radical (unpaired) electrons. The smallest absolute Gasteiger partial charge is 0.322 e. The zero-order valence-corrected chi connectivity index (χ0v) is 16.7. The molecule has 0 atom stereocenters. The van der Waals surface area contributed by atoms with E-state index in [2.05, 4.69) is 22.4 Å². The molecule has 0 aliphatic carbocycles. The van der Waals surface area contributed by atoms with Gasteiger partial charge in [-0.25, -0.2) is 0 Å². The van der Waals surface area contributed by atoms with Gasteiger partial charge in [0.15, 0.2) is 11.5 Å². The number of unbranched alkanes of at least 4 members (excludes halogenated alkanes) is 1. The molecule has 1 aliphatic heterocycles. The number of anilines is 1. The third kappa shape index (κ3) is 4.89. The number of ether oxygens (including phenoxy) is 3. The SMILES string of the molecule is CCCCOc1cccc(C(=O)Nc2nnc(Cc3ccc4c(c3)OCCO4)o2)c1. The summed E-state index contributed by atoms with van der Waals surface area (Å²) in [5, 5.41) is 10.6. The molecule has 0 saturated heterocycles. The number of hydrogen-bond acceptors (Lipinski definition) is 7. The van der Waals surface area contributed by atoms with Crippen LogP contribution in [0, 0.1) is 0 Å². The second-order valence-corrected chi connectivity index (χ2v) is 6.84. The average molecular weight is 409 g/mol. The van der Waals surface area contributed by atoms with Gasteiger partial charge in [0.2, 0.25) is 5.89 Å². The summed E-state index contributed by atoms with van der Waals surface area (Å²) in [6.45, 7) is 3.79. The number of fused-ring (bicyclic) bond motifs is 1. The zero-order chi connectivity index (χ0) is 20.8. The van der Waals surface area contributed by atoms with Gasteiger partial charge in [0, 0.05) is 5.56 Å². The van der Waals surface area contributed by atoms with E-state index in [0.29, 0.717) is 49.2 Å². The van der Waals surface area contributed by atoms with Gasteiger partial charge in [-0.3, -0.25) is 10.1 Å². The largest absolute Gasteiger partial charge is 0.494 e. The van der Waals surface area contributed by atoms with E-state index < -0.39 is 0 Å². The maximum atomic E-state index is 12.5. The van der Waals surface area contributed by atoms with E-state index in [1.807, 2.05) is 24.3 Å². The lowest BCUT2D eigenvalue weighted by molar-refractivity contribution is 0.102. The molecule has 1 aliphatic rings. The van der Waals surface area contributed by atoms with Crippen LogP contribution < -0.4 is 19.5 Å². The van der Waals surface area contributed by atoms with Gasteiger partial charge in [0.05, 0.1) is 13.0 Å². The Morgan fingerprint density at radius 3 is 2.83 bits per heavy atom. The molecule has 0 saturated carbocycles. The normalized spacial score (nSPS) is 12.4. The molecule has 2 aromatic carbocycles. The summed E-state index contributed by atoms with van der Waals surface area (Å²) in [6, 6.07) is 12.7. The van der Waals surface area contributed by atoms with Crippen LogP contribution in [0.25, 0.3) is 0 Å². The van der Waals surface area contributed by atoms with Crippen LogP contribution in [0.5, 0.6) is 17.2 Å². The van der Waals surface area contributed by atoms with E-state index in [4.69, 9.17) is 18.6 Å². The first-order valence-electron chi connectivity index (χ1n) is 9.96. The van der Waals surface area contributed by atoms with Crippen LogP contribution in [-0.4, -0.2) is 35.9 Å². The minimum absolute atomic E-state index is 0.0462. The van der Waals surface area contributed by atoms with Crippen molar-refractivity contribution < 1.29 is 23.4 Å². The first-order chi connectivity index (χ1) is 14.7. The van der Waals surface area contributed by atoms with Crippen LogP contribution in [-0.2, 0) is 6.42 Å². The third-order valence-corrected chi connectivity index (χ3v) is 4.51. The summed E-state index contributed by atoms with van der Waals surface area (Å²) >= 11 is 0. The van der Waals surface area contributed by atoms with Crippen molar-refractivity contribution in [3.8, 4) is 17.2 Å². The lowest BCUT2D eigenvalue weighted by atomic mass is 10.1. The molecule has 0 spiro atoms. The van der Waals surface area contributed by atoms with E-state index in [0.717, 1.165) is 24.2 Å². The highest BCUT2D eigenvalue weighted by Gasteiger charge is 2.15. The number of nitrogens with one attached hydrogen (secondary N) is 1. The molecule has 8 heteroatoms. The molecule has 1 aromatic heterocycles. The molecule has 0 unspecified atom stereocenters. The van der Waals surface area contributed by atoms with Crippen LogP contribution >= 0.6 is 0 Å². The summed E-state index contributed by atoms with van der Waals surface area (Å²) < 4.78 is 22.3. The first-order valence-corrected chi connectivity index (χ1v) is 9.96. The minimum atomic E-state index is -0.342. The Morgan fingerprint density at radius 2 is 1.97 bits per heavy atom. The molecule has 3 aromatic rings. The first kappa shape index (κ1) is 19.8. The third-order valence-electron chi connectivity index (χ3n) is 4.51. The van der Waals surface area contributed by atoms with Crippen molar-refractivity contribution >= 4 is 11.9 Å². The molecular formula is C22H23N3O5. The highest BCUT2D eigenvalue weighted by atomic mass is 16.6. The molecule has 8 nitrogen and oxygen atoms in total. The van der Waals surface area contributed by atoms with E-state index in [1.165, 1.54) is 0 Å². The fraction of sp³-hybridized carbons (Fsp3) is 0.318. The van der Waals surface area contributed by atoms with Crippen molar-refractivity contribution in [2.24, 2.45) is 0 Å². The summed E-state index contributed by atoms with van der Waals surface area (Å²) in [4.78, 5) is 12.5. The van der Waals surface area contributed by atoms with Crippen LogP contribution in [0.1, 0.15) is 41.6 Å². The van der Waals surface area contributed by atoms with Crippen LogP contribution in [0.3, 0.4) is 0 Å². The Bertz CT molecular complexity index is 1020. The lowest BCUT2D eigenvalue weighted by Gasteiger charge is -2.18. The van der Waals surface area contributed by atoms with Gasteiger partial charge in [-0.05, 0) is 42.3 Å². The molecule has 2 heterocycles. The fourth-order valence-electron chi connectivity index (χ4n) is 2.98. The Balaban J connectivity index is 1.37. The second-order valence-electron chi connectivity index (χ2n) is 6.84. The highest BCUT2D eigenvalue weighted by Crippen LogP contribution is 2.31. The van der Waals surface area contributed by atoms with Crippen LogP contribution in [0.2, 0.25) is 0 Å². The number of carbonyl (C=O) groups excluding carboxylic acids is 1. The Hall–Kier alpha value is -3.55. The van der Waals surface area contributed by atoms with Gasteiger partial charge in [-0.15, -0.1) is 5.10 Å². The molecule has 30 heavy (non-hydrogen) atoms. The maximum Gasteiger partial charge on any atom is 0.322 e. The highest BCUT2D eigenvalue weighted by molar-refractivity contribution is 6.03. The van der Waals surface area contributed by atoms with Crippen molar-refractivity contribution in [3.05, 3.63) is 59.5 Å². The van der Waals surface area contributed by atoms with Crippen molar-refractivity contribution in [2.45, 2.75) is 26.2 Å². The molecule has 1 N–H and O–H groups in total. The van der Waals surface area contributed by atoms with Crippen molar-refractivity contribution in [2.75, 3.05) is 25.1 Å². The summed E-state index contributed by atoms with van der Waals surface area (Å²) in [5.74, 6) is 2.13. The van der Waals surface area contributed by atoms with Gasteiger partial charge in [-0.2, -0.15) is 0 Å². The van der Waals surface area contributed by atoms with E-state index in [-0.39, 0.29) is 11.9 Å². The minimum Gasteiger partial charge on any atom is -0.494 e. The molecule has 0 bridgehead atoms. The van der Waals surface area contributed by atoms with Crippen LogP contribution in [0.4, 0.5) is 6.01 Å². The fourth-order valence-corrected chi connectivity index (χ4v) is 2.98. The number of aromatic nitrogens is 2. The second kappa shape index (κ2) is 9.30. The molecule has 156 valence electrons. The van der Waals surface area contributed by atoms with E-state index in [9.17, 15) is 4.79 Å². The Kier molecular flexibility index (Phi) is 6.12. The molecule has 4 rings (SSSR count). The van der Waals surface area contributed by atoms with Crippen LogP contribution in [0.15, 0.2) is 46.9 Å². The van der Waals surface area contributed by atoms with Crippen molar-refractivity contribution in [1.29, 1.82) is 0 Å². The summed E-state index contributed by atoms with van der Waals surface area (Å²) in [7, 11) is 0. The monoisotopic (exact) mass is 409 g/mol. The molecule has 0 fully saturated rings. The summed E-state index contributed by atoms with van der Waals surface area (Å²) in [6.07, 6.45) is 2.43. The quantitative estimate of drug-likeness (QED) is 0.564. The number of nitrogens with zero attached hydrogens (tertiary/aromatic N) is 2. The van der Waals surface area contributed by atoms with E-state index in [1.54, 1.807) is 18.2 Å². The topological polar surface area (TPSA) is 95.7 Å². The zero-order valence-electron chi connectivity index (χ0n) is 16.7. The average Bonchev–Trinajstić information content (AvgIpc) is 3.20.